The quantitative estimate of drug-likeness (QED) is 0.832. The molecule has 2 saturated heterocycles. The zero-order chi connectivity index (χ0) is 18.2. The van der Waals surface area contributed by atoms with Gasteiger partial charge in [0.1, 0.15) is 0 Å². The highest BCUT2D eigenvalue weighted by molar-refractivity contribution is 5.78. The topological polar surface area (TPSA) is 65.9 Å². The van der Waals surface area contributed by atoms with Crippen molar-refractivity contribution in [1.29, 1.82) is 0 Å². The summed E-state index contributed by atoms with van der Waals surface area (Å²) in [5.41, 5.74) is 0.493. The highest BCUT2D eigenvalue weighted by atomic mass is 16.5. The number of likely N-dealkylation sites (tertiary alicyclic amines) is 2. The monoisotopic (exact) mass is 359 g/mol. The normalized spacial score (nSPS) is 26.5. The van der Waals surface area contributed by atoms with Gasteiger partial charge >= 0.3 is 0 Å². The van der Waals surface area contributed by atoms with Gasteiger partial charge in [-0.2, -0.15) is 0 Å². The van der Waals surface area contributed by atoms with Gasteiger partial charge in [0.05, 0.1) is 30.8 Å². The first-order chi connectivity index (χ1) is 12.5. The van der Waals surface area contributed by atoms with Crippen LogP contribution in [-0.2, 0) is 16.1 Å². The van der Waals surface area contributed by atoms with Crippen LogP contribution in [0.3, 0.4) is 0 Å². The lowest BCUT2D eigenvalue weighted by Gasteiger charge is -2.52. The zero-order valence-electron chi connectivity index (χ0n) is 15.6. The Morgan fingerprint density at radius 1 is 1.42 bits per heavy atom. The van der Waals surface area contributed by atoms with Crippen molar-refractivity contribution in [2.24, 2.45) is 5.92 Å². The summed E-state index contributed by atoms with van der Waals surface area (Å²) in [6.07, 6.45) is 7.56. The third-order valence-corrected chi connectivity index (χ3v) is 6.44. The maximum atomic E-state index is 12.4. The second-order valence-electron chi connectivity index (χ2n) is 8.56. The van der Waals surface area contributed by atoms with Gasteiger partial charge in [-0.15, -0.1) is 0 Å². The first-order valence-corrected chi connectivity index (χ1v) is 9.66. The van der Waals surface area contributed by atoms with Gasteiger partial charge in [-0.05, 0) is 50.3 Å². The molecule has 1 aromatic rings. The fourth-order valence-corrected chi connectivity index (χ4v) is 4.64. The fraction of sp³-hybridized carbons (Fsp3) is 0.700. The van der Waals surface area contributed by atoms with Gasteiger partial charge in [-0.1, -0.05) is 6.07 Å². The van der Waals surface area contributed by atoms with Crippen LogP contribution in [0.4, 0.5) is 0 Å². The number of hydrogen-bond acceptors (Lipinski definition) is 5. The van der Waals surface area contributed by atoms with Crippen LogP contribution in [-0.4, -0.2) is 70.2 Å². The third kappa shape index (κ3) is 3.50. The first kappa shape index (κ1) is 17.9. The van der Waals surface area contributed by atoms with Crippen molar-refractivity contribution in [3.05, 3.63) is 30.1 Å². The Hall–Kier alpha value is -1.50. The molecule has 2 aliphatic heterocycles. The van der Waals surface area contributed by atoms with Crippen LogP contribution in [0.2, 0.25) is 0 Å². The summed E-state index contributed by atoms with van der Waals surface area (Å²) in [6.45, 7) is 3.94. The molecule has 6 heteroatoms. The molecule has 1 saturated carbocycles. The van der Waals surface area contributed by atoms with Gasteiger partial charge in [-0.3, -0.25) is 14.7 Å². The first-order valence-electron chi connectivity index (χ1n) is 9.66. The van der Waals surface area contributed by atoms with Crippen LogP contribution in [0.25, 0.3) is 0 Å². The van der Waals surface area contributed by atoms with Crippen LogP contribution < -0.4 is 0 Å². The maximum absolute atomic E-state index is 12.4. The number of ether oxygens (including phenoxy) is 1. The van der Waals surface area contributed by atoms with Crippen molar-refractivity contribution in [2.45, 2.75) is 49.9 Å². The highest BCUT2D eigenvalue weighted by Crippen LogP contribution is 2.41. The Morgan fingerprint density at radius 3 is 2.88 bits per heavy atom. The van der Waals surface area contributed by atoms with Crippen molar-refractivity contribution in [3.8, 4) is 0 Å². The predicted molar refractivity (Wildman–Crippen MR) is 97.4 cm³/mol. The lowest BCUT2D eigenvalue weighted by atomic mass is 9.76. The van der Waals surface area contributed by atoms with Crippen LogP contribution in [0.5, 0.6) is 0 Å². The number of aliphatic hydroxyl groups is 1. The van der Waals surface area contributed by atoms with Gasteiger partial charge in [0.2, 0.25) is 5.91 Å². The van der Waals surface area contributed by atoms with E-state index in [1.165, 1.54) is 0 Å². The summed E-state index contributed by atoms with van der Waals surface area (Å²) >= 11 is 0. The second kappa shape index (κ2) is 6.91. The van der Waals surface area contributed by atoms with Crippen molar-refractivity contribution >= 4 is 5.91 Å². The number of nitrogens with zero attached hydrogens (tertiary/aromatic N) is 3. The van der Waals surface area contributed by atoms with Crippen LogP contribution in [0.1, 0.15) is 37.7 Å². The zero-order valence-corrected chi connectivity index (χ0v) is 15.6. The second-order valence-corrected chi connectivity index (χ2v) is 8.56. The van der Waals surface area contributed by atoms with Gasteiger partial charge < -0.3 is 14.7 Å². The molecular weight excluding hydrogens is 330 g/mol. The molecular formula is C20H29N3O3. The molecule has 0 unspecified atom stereocenters. The van der Waals surface area contributed by atoms with E-state index in [4.69, 9.17) is 4.74 Å². The van der Waals surface area contributed by atoms with E-state index in [9.17, 15) is 9.90 Å². The molecule has 3 aliphatic rings. The Labute approximate surface area is 155 Å². The molecule has 3 heterocycles. The van der Waals surface area contributed by atoms with E-state index < -0.39 is 5.60 Å². The molecule has 26 heavy (non-hydrogen) atoms. The lowest BCUT2D eigenvalue weighted by Crippen LogP contribution is -2.68. The standard InChI is InChI=1S/C20H29N3O3/c1-22-11-17(13-26-12-16-4-2-7-21-10-16)8-19(22)14-23(15-19)18(24)9-20(25)5-3-6-20/h2,4,7,10,17,25H,3,5-6,8-9,11-15H2,1H3/t17-/m0/s1. The summed E-state index contributed by atoms with van der Waals surface area (Å²) in [6, 6.07) is 3.96. The van der Waals surface area contributed by atoms with Crippen LogP contribution >= 0.6 is 0 Å². The Bertz CT molecular complexity index is 641. The predicted octanol–water partition coefficient (Wildman–Crippen LogP) is 1.44. The third-order valence-electron chi connectivity index (χ3n) is 6.44. The molecule has 1 spiro atoms. The highest BCUT2D eigenvalue weighted by Gasteiger charge is 2.53. The van der Waals surface area contributed by atoms with Crippen molar-refractivity contribution in [2.75, 3.05) is 33.3 Å². The number of likely N-dealkylation sites (N-methyl/N-ethyl adjacent to an activating group) is 1. The molecule has 1 N–H and O–H groups in total. The summed E-state index contributed by atoms with van der Waals surface area (Å²) in [7, 11) is 2.16. The summed E-state index contributed by atoms with van der Waals surface area (Å²) in [4.78, 5) is 20.8. The minimum absolute atomic E-state index is 0.111. The van der Waals surface area contributed by atoms with E-state index in [1.807, 2.05) is 23.2 Å². The molecule has 142 valence electrons. The Morgan fingerprint density at radius 2 is 2.23 bits per heavy atom. The maximum Gasteiger partial charge on any atom is 0.225 e. The summed E-state index contributed by atoms with van der Waals surface area (Å²) in [5, 5.41) is 10.2. The number of carbonyl (C=O) groups excluding carboxylic acids is 1. The van der Waals surface area contributed by atoms with E-state index >= 15 is 0 Å². The van der Waals surface area contributed by atoms with E-state index in [1.54, 1.807) is 6.20 Å². The molecule has 1 amide bonds. The van der Waals surface area contributed by atoms with E-state index in [0.717, 1.165) is 57.5 Å². The number of aromatic nitrogens is 1. The number of hydrogen-bond donors (Lipinski definition) is 1. The molecule has 0 aromatic carbocycles. The number of rotatable bonds is 6. The summed E-state index contributed by atoms with van der Waals surface area (Å²) < 4.78 is 5.90. The van der Waals surface area contributed by atoms with Gasteiger partial charge in [0, 0.05) is 32.0 Å². The molecule has 0 bridgehead atoms. The van der Waals surface area contributed by atoms with Crippen LogP contribution in [0.15, 0.2) is 24.5 Å². The molecule has 3 fully saturated rings. The minimum Gasteiger partial charge on any atom is -0.389 e. The average molecular weight is 359 g/mol. The molecule has 1 atom stereocenters. The van der Waals surface area contributed by atoms with Crippen molar-refractivity contribution in [1.82, 2.24) is 14.8 Å². The largest absolute Gasteiger partial charge is 0.389 e. The summed E-state index contributed by atoms with van der Waals surface area (Å²) in [5.74, 6) is 0.618. The van der Waals surface area contributed by atoms with Crippen LogP contribution in [0, 0.1) is 5.92 Å². The fourth-order valence-electron chi connectivity index (χ4n) is 4.64. The molecule has 1 aliphatic carbocycles. The Balaban J connectivity index is 1.22. The van der Waals surface area contributed by atoms with E-state index in [-0.39, 0.29) is 11.4 Å². The SMILES string of the molecule is CN1C[C@@H](COCc2cccnc2)CC12CN(C(=O)CC1(O)CCC1)C2. The smallest absolute Gasteiger partial charge is 0.225 e. The van der Waals surface area contributed by atoms with Crippen molar-refractivity contribution in [3.63, 3.8) is 0 Å². The van der Waals surface area contributed by atoms with Gasteiger partial charge in [-0.25, -0.2) is 0 Å². The molecule has 0 radical (unpaired) electrons. The number of carbonyl (C=O) groups is 1. The van der Waals surface area contributed by atoms with E-state index in [2.05, 4.69) is 16.9 Å². The van der Waals surface area contributed by atoms with Gasteiger partial charge in [0.25, 0.3) is 0 Å². The number of amides is 1. The van der Waals surface area contributed by atoms with Gasteiger partial charge in [0.15, 0.2) is 0 Å². The average Bonchev–Trinajstić information content (AvgIpc) is 2.89. The van der Waals surface area contributed by atoms with Crippen molar-refractivity contribution < 1.29 is 14.6 Å². The van der Waals surface area contributed by atoms with E-state index in [0.29, 0.717) is 18.9 Å². The number of pyridine rings is 1. The lowest BCUT2D eigenvalue weighted by molar-refractivity contribution is -0.152. The minimum atomic E-state index is -0.718. The Kier molecular flexibility index (Phi) is 4.75. The molecule has 1 aromatic heterocycles. The molecule has 6 nitrogen and oxygen atoms in total. The molecule has 4 rings (SSSR count).